The van der Waals surface area contributed by atoms with Crippen LogP contribution >= 0.6 is 11.5 Å². The van der Waals surface area contributed by atoms with Gasteiger partial charge in [0.15, 0.2) is 5.00 Å². The SMILES string of the molecule is C/N=C/c1c(C)nsc1/N=N/c1ccc(O)c2ccccc12. The quantitative estimate of drug-likeness (QED) is 0.559. The molecule has 1 N–H and O–H groups in total. The third kappa shape index (κ3) is 2.60. The molecule has 3 rings (SSSR count). The highest BCUT2D eigenvalue weighted by atomic mass is 32.1. The summed E-state index contributed by atoms with van der Waals surface area (Å²) in [6.07, 6.45) is 1.74. The van der Waals surface area contributed by atoms with Crippen molar-refractivity contribution in [3.05, 3.63) is 47.7 Å². The molecule has 1 heterocycles. The molecule has 0 amide bonds. The Hall–Kier alpha value is -2.60. The van der Waals surface area contributed by atoms with Crippen molar-refractivity contribution in [3.63, 3.8) is 0 Å². The van der Waals surface area contributed by atoms with E-state index in [4.69, 9.17) is 0 Å². The Balaban J connectivity index is 2.06. The van der Waals surface area contributed by atoms with Crippen molar-refractivity contribution in [3.8, 4) is 5.75 Å². The fourth-order valence-electron chi connectivity index (χ4n) is 2.17. The molecule has 0 unspecified atom stereocenters. The van der Waals surface area contributed by atoms with Crippen molar-refractivity contribution in [2.24, 2.45) is 15.2 Å². The maximum atomic E-state index is 9.90. The van der Waals surface area contributed by atoms with Gasteiger partial charge in [-0.3, -0.25) is 4.99 Å². The van der Waals surface area contributed by atoms with Crippen molar-refractivity contribution in [2.75, 3.05) is 7.05 Å². The second kappa shape index (κ2) is 6.03. The van der Waals surface area contributed by atoms with Crippen LogP contribution < -0.4 is 0 Å². The predicted molar refractivity (Wildman–Crippen MR) is 90.2 cm³/mol. The van der Waals surface area contributed by atoms with E-state index in [1.807, 2.05) is 31.2 Å². The van der Waals surface area contributed by atoms with Gasteiger partial charge in [0.25, 0.3) is 0 Å². The van der Waals surface area contributed by atoms with E-state index in [1.165, 1.54) is 11.5 Å². The Bertz CT molecular complexity index is 883. The molecule has 6 heteroatoms. The highest BCUT2D eigenvalue weighted by Gasteiger charge is 2.08. The average Bonchev–Trinajstić information content (AvgIpc) is 2.88. The summed E-state index contributed by atoms with van der Waals surface area (Å²) in [5, 5.41) is 20.9. The molecule has 0 radical (unpaired) electrons. The first kappa shape index (κ1) is 14.3. The van der Waals surface area contributed by atoms with Gasteiger partial charge in [0.2, 0.25) is 0 Å². The first-order valence-electron chi connectivity index (χ1n) is 6.71. The minimum Gasteiger partial charge on any atom is -0.507 e. The molecular formula is C16H14N4OS. The van der Waals surface area contributed by atoms with Gasteiger partial charge in [0.1, 0.15) is 5.75 Å². The highest BCUT2D eigenvalue weighted by Crippen LogP contribution is 2.34. The molecule has 0 aliphatic heterocycles. The van der Waals surface area contributed by atoms with Gasteiger partial charge in [0.05, 0.1) is 16.9 Å². The molecule has 0 aliphatic rings. The van der Waals surface area contributed by atoms with Crippen LogP contribution in [-0.2, 0) is 0 Å². The largest absolute Gasteiger partial charge is 0.507 e. The van der Waals surface area contributed by atoms with Crippen LogP contribution in [0, 0.1) is 6.92 Å². The molecule has 0 aliphatic carbocycles. The van der Waals surface area contributed by atoms with E-state index in [1.54, 1.807) is 25.4 Å². The van der Waals surface area contributed by atoms with E-state index in [0.29, 0.717) is 5.69 Å². The number of hydrogen-bond donors (Lipinski definition) is 1. The van der Waals surface area contributed by atoms with Crippen LogP contribution in [0.2, 0.25) is 0 Å². The Morgan fingerprint density at radius 1 is 1.09 bits per heavy atom. The number of aryl methyl sites for hydroxylation is 1. The summed E-state index contributed by atoms with van der Waals surface area (Å²) in [6, 6.07) is 10.9. The van der Waals surface area contributed by atoms with Gasteiger partial charge in [-0.2, -0.15) is 4.37 Å². The molecule has 1 aromatic heterocycles. The van der Waals surface area contributed by atoms with Crippen LogP contribution in [0.5, 0.6) is 5.75 Å². The number of azo groups is 1. The lowest BCUT2D eigenvalue weighted by molar-refractivity contribution is 0.481. The van der Waals surface area contributed by atoms with Gasteiger partial charge in [-0.25, -0.2) is 0 Å². The summed E-state index contributed by atoms with van der Waals surface area (Å²) in [5.41, 5.74) is 2.48. The molecular weight excluding hydrogens is 296 g/mol. The van der Waals surface area contributed by atoms with Crippen molar-refractivity contribution in [1.82, 2.24) is 4.37 Å². The monoisotopic (exact) mass is 310 g/mol. The van der Waals surface area contributed by atoms with Gasteiger partial charge in [-0.1, -0.05) is 24.3 Å². The van der Waals surface area contributed by atoms with E-state index in [-0.39, 0.29) is 5.75 Å². The maximum Gasteiger partial charge on any atom is 0.167 e. The number of fused-ring (bicyclic) bond motifs is 1. The number of phenolic OH excluding ortho intramolecular Hbond substituents is 1. The van der Waals surface area contributed by atoms with E-state index in [9.17, 15) is 5.11 Å². The first-order chi connectivity index (χ1) is 10.7. The second-order valence-electron chi connectivity index (χ2n) is 4.72. The van der Waals surface area contributed by atoms with Crippen LogP contribution in [0.15, 0.2) is 51.6 Å². The molecule has 0 fully saturated rings. The summed E-state index contributed by atoms with van der Waals surface area (Å²) in [6.45, 7) is 1.92. The summed E-state index contributed by atoms with van der Waals surface area (Å²) in [5.74, 6) is 0.238. The number of aromatic nitrogens is 1. The third-order valence-electron chi connectivity index (χ3n) is 3.27. The maximum absolute atomic E-state index is 9.90. The Kier molecular flexibility index (Phi) is 3.93. The van der Waals surface area contributed by atoms with Crippen LogP contribution in [-0.4, -0.2) is 22.7 Å². The average molecular weight is 310 g/mol. The Morgan fingerprint density at radius 3 is 2.64 bits per heavy atom. The van der Waals surface area contributed by atoms with Crippen molar-refractivity contribution < 1.29 is 5.11 Å². The number of rotatable bonds is 3. The molecule has 3 aromatic rings. The predicted octanol–water partition coefficient (Wildman–Crippen LogP) is 4.77. The van der Waals surface area contributed by atoms with Crippen LogP contribution in [0.4, 0.5) is 10.7 Å². The molecule has 22 heavy (non-hydrogen) atoms. The fraction of sp³-hybridized carbons (Fsp3) is 0.125. The zero-order chi connectivity index (χ0) is 15.5. The van der Waals surface area contributed by atoms with Crippen LogP contribution in [0.3, 0.4) is 0 Å². The van der Waals surface area contributed by atoms with Crippen LogP contribution in [0.1, 0.15) is 11.3 Å². The first-order valence-corrected chi connectivity index (χ1v) is 7.49. The van der Waals surface area contributed by atoms with Crippen molar-refractivity contribution >= 4 is 39.2 Å². The molecule has 0 saturated heterocycles. The topological polar surface area (TPSA) is 70.2 Å². The number of benzene rings is 2. The van der Waals surface area contributed by atoms with Crippen molar-refractivity contribution in [1.29, 1.82) is 0 Å². The molecule has 5 nitrogen and oxygen atoms in total. The summed E-state index contributed by atoms with van der Waals surface area (Å²) >= 11 is 1.29. The zero-order valence-corrected chi connectivity index (χ0v) is 13.0. The number of aliphatic imine (C=N–C) groups is 1. The summed E-state index contributed by atoms with van der Waals surface area (Å²) < 4.78 is 4.28. The third-order valence-corrected chi connectivity index (χ3v) is 4.11. The molecule has 0 atom stereocenters. The zero-order valence-electron chi connectivity index (χ0n) is 12.2. The van der Waals surface area contributed by atoms with Gasteiger partial charge < -0.3 is 5.11 Å². The molecule has 0 spiro atoms. The van der Waals surface area contributed by atoms with E-state index < -0.39 is 0 Å². The lowest BCUT2D eigenvalue weighted by Crippen LogP contribution is -1.81. The number of hydrogen-bond acceptors (Lipinski definition) is 6. The lowest BCUT2D eigenvalue weighted by atomic mass is 10.1. The smallest absolute Gasteiger partial charge is 0.167 e. The van der Waals surface area contributed by atoms with Crippen LogP contribution in [0.25, 0.3) is 10.8 Å². The van der Waals surface area contributed by atoms with Gasteiger partial charge >= 0.3 is 0 Å². The minimum absolute atomic E-state index is 0.238. The standard InChI is InChI=1S/C16H14N4OS/c1-10-13(9-17-2)16(22-20-10)19-18-14-7-8-15(21)12-6-4-3-5-11(12)14/h3-9,21H,1-2H3/b17-9+,19-18+. The molecule has 0 saturated carbocycles. The number of nitrogens with zero attached hydrogens (tertiary/aromatic N) is 4. The molecule has 110 valence electrons. The molecule has 2 aromatic carbocycles. The van der Waals surface area contributed by atoms with Gasteiger partial charge in [-0.15, -0.1) is 10.2 Å². The minimum atomic E-state index is 0.238. The van der Waals surface area contributed by atoms with E-state index in [2.05, 4.69) is 19.6 Å². The molecule has 0 bridgehead atoms. The van der Waals surface area contributed by atoms with Crippen molar-refractivity contribution in [2.45, 2.75) is 6.92 Å². The Morgan fingerprint density at radius 2 is 1.86 bits per heavy atom. The van der Waals surface area contributed by atoms with Gasteiger partial charge in [0, 0.05) is 24.0 Å². The summed E-state index contributed by atoms with van der Waals surface area (Å²) in [4.78, 5) is 4.02. The summed E-state index contributed by atoms with van der Waals surface area (Å²) in [7, 11) is 1.71. The Labute approximate surface area is 131 Å². The highest BCUT2D eigenvalue weighted by molar-refractivity contribution is 7.10. The normalized spacial score (nSPS) is 11.9. The fourth-order valence-corrected chi connectivity index (χ4v) is 2.87. The second-order valence-corrected chi connectivity index (χ2v) is 5.48. The number of phenols is 1. The van der Waals surface area contributed by atoms with E-state index >= 15 is 0 Å². The van der Waals surface area contributed by atoms with Gasteiger partial charge in [-0.05, 0) is 30.6 Å². The number of aromatic hydroxyl groups is 1. The lowest BCUT2D eigenvalue weighted by Gasteiger charge is -2.02. The van der Waals surface area contributed by atoms with E-state index in [0.717, 1.165) is 27.0 Å².